The molecule has 206 valence electrons. The number of aromatic carboxylic acids is 1. The lowest BCUT2D eigenvalue weighted by molar-refractivity contribution is 0.0688. The van der Waals surface area contributed by atoms with Crippen molar-refractivity contribution in [2.75, 3.05) is 5.32 Å². The van der Waals surface area contributed by atoms with Crippen molar-refractivity contribution in [3.05, 3.63) is 120 Å². The molecule has 1 heterocycles. The summed E-state index contributed by atoms with van der Waals surface area (Å²) in [7, 11) is 1.74. The number of nitrogens with zero attached hydrogens (tertiary/aromatic N) is 2. The smallest absolute Gasteiger partial charge is 0.413 e. The van der Waals surface area contributed by atoms with Gasteiger partial charge in [0.1, 0.15) is 34.8 Å². The Morgan fingerprint density at radius 2 is 1.51 bits per heavy atom. The number of carbonyl (C=O) groups is 2. The first-order chi connectivity index (χ1) is 19.8. The zero-order valence-electron chi connectivity index (χ0n) is 22.2. The number of carboxylic acid groups (broad SMARTS) is 1. The van der Waals surface area contributed by atoms with Crippen LogP contribution in [0.5, 0.6) is 11.5 Å². The van der Waals surface area contributed by atoms with Gasteiger partial charge in [0.25, 0.3) is 0 Å². The summed E-state index contributed by atoms with van der Waals surface area (Å²) in [6, 6.07) is 28.1. The van der Waals surface area contributed by atoms with Crippen molar-refractivity contribution in [1.29, 1.82) is 0 Å². The van der Waals surface area contributed by atoms with Crippen LogP contribution in [0.4, 0.5) is 15.0 Å². The minimum absolute atomic E-state index is 0.0751. The molecule has 0 aliphatic carbocycles. The van der Waals surface area contributed by atoms with Crippen LogP contribution in [-0.2, 0) is 11.8 Å². The van der Waals surface area contributed by atoms with Gasteiger partial charge in [-0.3, -0.25) is 10.00 Å². The zero-order chi connectivity index (χ0) is 28.9. The molecule has 5 rings (SSSR count). The molecule has 0 aliphatic heterocycles. The van der Waals surface area contributed by atoms with Gasteiger partial charge in [-0.05, 0) is 53.4 Å². The minimum Gasteiger partial charge on any atom is -0.477 e. The molecule has 1 unspecified atom stereocenters. The molecule has 1 amide bonds. The monoisotopic (exact) mass is 551 g/mol. The molecular weight excluding hydrogens is 525 g/mol. The molecule has 4 aromatic carbocycles. The Morgan fingerprint density at radius 3 is 2.17 bits per heavy atom. The first-order valence-corrected chi connectivity index (χ1v) is 12.8. The second-order valence-corrected chi connectivity index (χ2v) is 9.24. The van der Waals surface area contributed by atoms with Gasteiger partial charge >= 0.3 is 12.1 Å². The normalized spacial score (nSPS) is 11.5. The summed E-state index contributed by atoms with van der Waals surface area (Å²) in [6.07, 6.45) is 0.672. The molecule has 0 saturated carbocycles. The van der Waals surface area contributed by atoms with E-state index in [9.17, 15) is 19.1 Å². The van der Waals surface area contributed by atoms with Crippen molar-refractivity contribution in [2.24, 2.45) is 7.05 Å². The van der Waals surface area contributed by atoms with E-state index in [1.54, 1.807) is 30.1 Å². The van der Waals surface area contributed by atoms with Gasteiger partial charge in [-0.25, -0.2) is 14.0 Å². The number of hydrogen-bond acceptors (Lipinski definition) is 5. The summed E-state index contributed by atoms with van der Waals surface area (Å²) >= 11 is 0. The molecular formula is C32H26FN3O5. The molecule has 9 heteroatoms. The SMILES string of the molecule is CC(OC(=O)Nc1c(-c2ccc(-c3ccc(Oc4cccc(F)c4C(=O)O)cc3)cc2)cnn1C)c1ccccc1. The van der Waals surface area contributed by atoms with Crippen molar-refractivity contribution in [3.8, 4) is 33.8 Å². The number of amides is 1. The zero-order valence-corrected chi connectivity index (χ0v) is 22.2. The molecule has 41 heavy (non-hydrogen) atoms. The number of rotatable bonds is 8. The Kier molecular flexibility index (Phi) is 7.78. The van der Waals surface area contributed by atoms with Gasteiger partial charge in [0.05, 0.1) is 6.20 Å². The van der Waals surface area contributed by atoms with Gasteiger partial charge in [-0.1, -0.05) is 72.8 Å². The van der Waals surface area contributed by atoms with E-state index in [1.807, 2.05) is 73.7 Å². The highest BCUT2D eigenvalue weighted by molar-refractivity contribution is 5.91. The second kappa shape index (κ2) is 11.7. The predicted molar refractivity (Wildman–Crippen MR) is 152 cm³/mol. The van der Waals surface area contributed by atoms with Crippen molar-refractivity contribution < 1.29 is 28.6 Å². The first kappa shape index (κ1) is 27.1. The lowest BCUT2D eigenvalue weighted by Gasteiger charge is -2.15. The van der Waals surface area contributed by atoms with Crippen molar-refractivity contribution in [2.45, 2.75) is 13.0 Å². The molecule has 8 nitrogen and oxygen atoms in total. The standard InChI is InChI=1S/C32H26FN3O5/c1-20(21-7-4-3-5-8-21)40-32(39)35-30-26(19-34-36(30)2)24-13-11-22(12-14-24)23-15-17-25(18-16-23)41-28-10-6-9-27(33)29(28)31(37)38/h3-20H,1-2H3,(H,35,39)(H,37,38). The topological polar surface area (TPSA) is 103 Å². The maximum Gasteiger partial charge on any atom is 0.413 e. The summed E-state index contributed by atoms with van der Waals surface area (Å²) in [5.41, 5.74) is 3.77. The highest BCUT2D eigenvalue weighted by Gasteiger charge is 2.19. The van der Waals surface area contributed by atoms with Crippen LogP contribution < -0.4 is 10.1 Å². The Hall–Kier alpha value is -5.44. The Bertz CT molecular complexity index is 1680. The van der Waals surface area contributed by atoms with Crippen LogP contribution in [0.25, 0.3) is 22.3 Å². The molecule has 1 atom stereocenters. The van der Waals surface area contributed by atoms with Gasteiger partial charge in [0.2, 0.25) is 0 Å². The Labute approximate surface area is 235 Å². The summed E-state index contributed by atoms with van der Waals surface area (Å²) in [5, 5.41) is 16.4. The molecule has 0 aliphatic rings. The maximum atomic E-state index is 14.0. The molecule has 5 aromatic rings. The fourth-order valence-corrected chi connectivity index (χ4v) is 4.36. The van der Waals surface area contributed by atoms with Gasteiger partial charge in [0.15, 0.2) is 0 Å². The third kappa shape index (κ3) is 6.09. The minimum atomic E-state index is -1.40. The second-order valence-electron chi connectivity index (χ2n) is 9.24. The fourth-order valence-electron chi connectivity index (χ4n) is 4.36. The van der Waals surface area contributed by atoms with E-state index in [2.05, 4.69) is 10.4 Å². The number of nitrogens with one attached hydrogen (secondary N) is 1. The van der Waals surface area contributed by atoms with Crippen LogP contribution >= 0.6 is 0 Å². The van der Waals surface area contributed by atoms with Gasteiger partial charge in [0, 0.05) is 12.6 Å². The number of hydrogen-bond donors (Lipinski definition) is 2. The van der Waals surface area contributed by atoms with E-state index < -0.39 is 29.5 Å². The number of ether oxygens (including phenoxy) is 2. The molecule has 0 fully saturated rings. The van der Waals surface area contributed by atoms with Crippen LogP contribution in [0, 0.1) is 5.82 Å². The van der Waals surface area contributed by atoms with E-state index in [0.717, 1.165) is 33.9 Å². The molecule has 1 aromatic heterocycles. The molecule has 0 radical (unpaired) electrons. The fraction of sp³-hybridized carbons (Fsp3) is 0.0938. The molecule has 2 N–H and O–H groups in total. The van der Waals surface area contributed by atoms with Crippen LogP contribution in [0.3, 0.4) is 0 Å². The molecule has 0 bridgehead atoms. The summed E-state index contributed by atoms with van der Waals surface area (Å²) in [6.45, 7) is 1.81. The number of benzene rings is 4. The number of carboxylic acids is 1. The maximum absolute atomic E-state index is 14.0. The molecule has 0 saturated heterocycles. The van der Waals surface area contributed by atoms with Crippen LogP contribution in [0.15, 0.2) is 103 Å². The van der Waals surface area contributed by atoms with Gasteiger partial charge in [-0.2, -0.15) is 5.10 Å². The van der Waals surface area contributed by atoms with Crippen molar-refractivity contribution >= 4 is 17.9 Å². The lowest BCUT2D eigenvalue weighted by atomic mass is 10.0. The Morgan fingerprint density at radius 1 is 0.878 bits per heavy atom. The van der Waals surface area contributed by atoms with Crippen LogP contribution in [0.1, 0.15) is 28.9 Å². The van der Waals surface area contributed by atoms with Crippen LogP contribution in [0.2, 0.25) is 0 Å². The van der Waals surface area contributed by atoms with Crippen LogP contribution in [-0.4, -0.2) is 26.9 Å². The van der Waals surface area contributed by atoms with Gasteiger partial charge in [-0.15, -0.1) is 0 Å². The third-order valence-electron chi connectivity index (χ3n) is 6.51. The number of anilines is 1. The number of halogens is 1. The highest BCUT2D eigenvalue weighted by Crippen LogP contribution is 2.32. The highest BCUT2D eigenvalue weighted by atomic mass is 19.1. The van der Waals surface area contributed by atoms with E-state index in [-0.39, 0.29) is 5.75 Å². The van der Waals surface area contributed by atoms with E-state index >= 15 is 0 Å². The summed E-state index contributed by atoms with van der Waals surface area (Å²) in [5.74, 6) is -1.47. The average molecular weight is 552 g/mol. The summed E-state index contributed by atoms with van der Waals surface area (Å²) < 4.78 is 26.7. The molecule has 0 spiro atoms. The van der Waals surface area contributed by atoms with E-state index in [4.69, 9.17) is 9.47 Å². The van der Waals surface area contributed by atoms with Crippen molar-refractivity contribution in [1.82, 2.24) is 9.78 Å². The average Bonchev–Trinajstić information content (AvgIpc) is 3.33. The summed E-state index contributed by atoms with van der Waals surface area (Å²) in [4.78, 5) is 24.1. The third-order valence-corrected chi connectivity index (χ3v) is 6.51. The number of aromatic nitrogens is 2. The lowest BCUT2D eigenvalue weighted by Crippen LogP contribution is -2.18. The quantitative estimate of drug-likeness (QED) is 0.205. The van der Waals surface area contributed by atoms with Gasteiger partial charge < -0.3 is 14.6 Å². The van der Waals surface area contributed by atoms with Crippen molar-refractivity contribution in [3.63, 3.8) is 0 Å². The Balaban J connectivity index is 1.28. The predicted octanol–water partition coefficient (Wildman–Crippen LogP) is 7.69. The number of aryl methyl sites for hydroxylation is 1. The largest absolute Gasteiger partial charge is 0.477 e. The van der Waals surface area contributed by atoms with E-state index in [0.29, 0.717) is 11.6 Å². The van der Waals surface area contributed by atoms with E-state index in [1.165, 1.54) is 12.1 Å². The first-order valence-electron chi connectivity index (χ1n) is 12.8. The number of carbonyl (C=O) groups excluding carboxylic acids is 1.